The molecule has 2 rings (SSSR count). The Hall–Kier alpha value is -0.350. The van der Waals surface area contributed by atoms with E-state index in [-0.39, 0.29) is 5.91 Å². The molecule has 0 aromatic carbocycles. The van der Waals surface area contributed by atoms with Gasteiger partial charge in [0.25, 0.3) is 5.91 Å². The zero-order valence-electron chi connectivity index (χ0n) is 10.0. The van der Waals surface area contributed by atoms with Crippen molar-refractivity contribution in [1.29, 1.82) is 0 Å². The Kier molecular flexibility index (Phi) is 4.62. The summed E-state index contributed by atoms with van der Waals surface area (Å²) in [6, 6.07) is 2.04. The second-order valence-electron chi connectivity index (χ2n) is 4.55. The van der Waals surface area contributed by atoms with Crippen LogP contribution in [0.1, 0.15) is 41.4 Å². The lowest BCUT2D eigenvalue weighted by atomic mass is 10.1. The highest BCUT2D eigenvalue weighted by molar-refractivity contribution is 9.09. The van der Waals surface area contributed by atoms with Crippen LogP contribution in [0.25, 0.3) is 0 Å². The van der Waals surface area contributed by atoms with E-state index in [0.29, 0.717) is 10.7 Å². The van der Waals surface area contributed by atoms with E-state index in [1.165, 1.54) is 19.3 Å². The number of nitrogens with one attached hydrogen (secondary N) is 1. The molecular formula is C13H18BrNOS. The zero-order valence-corrected chi connectivity index (χ0v) is 12.4. The summed E-state index contributed by atoms with van der Waals surface area (Å²) in [6.45, 7) is 2.89. The van der Waals surface area contributed by atoms with E-state index < -0.39 is 0 Å². The normalized spacial score (nSPS) is 23.9. The number of carbonyl (C=O) groups is 1. The van der Waals surface area contributed by atoms with E-state index in [9.17, 15) is 4.79 Å². The molecule has 94 valence electrons. The first-order chi connectivity index (χ1) is 8.22. The average Bonchev–Trinajstić information content (AvgIpc) is 2.94. The molecule has 1 fully saturated rings. The highest BCUT2D eigenvalue weighted by atomic mass is 79.9. The molecule has 1 aromatic heterocycles. The first-order valence-corrected chi connectivity index (χ1v) is 8.00. The van der Waals surface area contributed by atoms with Gasteiger partial charge in [-0.3, -0.25) is 4.79 Å². The lowest BCUT2D eigenvalue weighted by Crippen LogP contribution is -2.30. The smallest absolute Gasteiger partial charge is 0.261 e. The maximum absolute atomic E-state index is 12.0. The molecule has 0 saturated heterocycles. The van der Waals surface area contributed by atoms with Crippen LogP contribution in [-0.2, 0) is 6.42 Å². The van der Waals surface area contributed by atoms with Crippen molar-refractivity contribution in [3.05, 3.63) is 21.9 Å². The van der Waals surface area contributed by atoms with Crippen molar-refractivity contribution >= 4 is 33.2 Å². The fourth-order valence-electron chi connectivity index (χ4n) is 2.34. The number of halogens is 1. The molecular weight excluding hydrogens is 298 g/mol. The van der Waals surface area contributed by atoms with Crippen molar-refractivity contribution in [3.8, 4) is 0 Å². The predicted molar refractivity (Wildman–Crippen MR) is 76.1 cm³/mol. The third kappa shape index (κ3) is 3.10. The number of thiophene rings is 1. The molecule has 1 amide bonds. The third-order valence-electron chi connectivity index (χ3n) is 3.43. The van der Waals surface area contributed by atoms with E-state index in [1.54, 1.807) is 11.3 Å². The van der Waals surface area contributed by atoms with Crippen molar-refractivity contribution < 1.29 is 4.79 Å². The van der Waals surface area contributed by atoms with Crippen LogP contribution < -0.4 is 5.32 Å². The summed E-state index contributed by atoms with van der Waals surface area (Å²) in [7, 11) is 0. The van der Waals surface area contributed by atoms with Gasteiger partial charge in [-0.2, -0.15) is 0 Å². The van der Waals surface area contributed by atoms with Crippen LogP contribution in [0.3, 0.4) is 0 Å². The molecule has 17 heavy (non-hydrogen) atoms. The Bertz CT molecular complexity index is 391. The standard InChI is InChI=1S/C13H18BrNOS/c1-2-9-6-7-17-12(9)13(16)15-8-10-4-3-5-11(10)14/h6-7,10-11H,2-5,8H2,1H3,(H,15,16). The SMILES string of the molecule is CCc1ccsc1C(=O)NCC1CCCC1Br. The minimum Gasteiger partial charge on any atom is -0.351 e. The summed E-state index contributed by atoms with van der Waals surface area (Å²) in [5.41, 5.74) is 1.16. The number of rotatable bonds is 4. The highest BCUT2D eigenvalue weighted by Crippen LogP contribution is 2.31. The Labute approximate surface area is 115 Å². The highest BCUT2D eigenvalue weighted by Gasteiger charge is 2.25. The third-order valence-corrected chi connectivity index (χ3v) is 5.59. The van der Waals surface area contributed by atoms with Gasteiger partial charge in [-0.15, -0.1) is 11.3 Å². The molecule has 1 saturated carbocycles. The zero-order chi connectivity index (χ0) is 12.3. The van der Waals surface area contributed by atoms with Gasteiger partial charge >= 0.3 is 0 Å². The molecule has 0 spiro atoms. The monoisotopic (exact) mass is 315 g/mol. The molecule has 1 aliphatic rings. The summed E-state index contributed by atoms with van der Waals surface area (Å²) >= 11 is 5.22. The van der Waals surface area contributed by atoms with Gasteiger partial charge in [-0.25, -0.2) is 0 Å². The Morgan fingerprint density at radius 2 is 2.41 bits per heavy atom. The van der Waals surface area contributed by atoms with Gasteiger partial charge in [0.1, 0.15) is 0 Å². The molecule has 1 aromatic rings. The van der Waals surface area contributed by atoms with Gasteiger partial charge in [0.05, 0.1) is 4.88 Å². The van der Waals surface area contributed by atoms with Crippen LogP contribution in [0.15, 0.2) is 11.4 Å². The topological polar surface area (TPSA) is 29.1 Å². The fraction of sp³-hybridized carbons (Fsp3) is 0.615. The van der Waals surface area contributed by atoms with Gasteiger partial charge in [0.15, 0.2) is 0 Å². The van der Waals surface area contributed by atoms with Crippen molar-refractivity contribution in [2.24, 2.45) is 5.92 Å². The second kappa shape index (κ2) is 6.01. The predicted octanol–water partition coefficient (Wildman–Crippen LogP) is 3.60. The van der Waals surface area contributed by atoms with E-state index in [0.717, 1.165) is 23.4 Å². The molecule has 4 heteroatoms. The number of hydrogen-bond donors (Lipinski definition) is 1. The molecule has 2 nitrogen and oxygen atoms in total. The fourth-order valence-corrected chi connectivity index (χ4v) is 4.03. The summed E-state index contributed by atoms with van der Waals surface area (Å²) in [5.74, 6) is 0.701. The molecule has 0 aliphatic heterocycles. The quantitative estimate of drug-likeness (QED) is 0.845. The van der Waals surface area contributed by atoms with Crippen LogP contribution in [-0.4, -0.2) is 17.3 Å². The minimum atomic E-state index is 0.100. The average molecular weight is 316 g/mol. The first-order valence-electron chi connectivity index (χ1n) is 6.21. The Balaban J connectivity index is 1.89. The van der Waals surface area contributed by atoms with E-state index in [1.807, 2.05) is 11.4 Å². The maximum Gasteiger partial charge on any atom is 0.261 e. The summed E-state index contributed by atoms with van der Waals surface area (Å²) in [5, 5.41) is 5.07. The van der Waals surface area contributed by atoms with Crippen LogP contribution >= 0.6 is 27.3 Å². The van der Waals surface area contributed by atoms with Gasteiger partial charge in [0.2, 0.25) is 0 Å². The molecule has 0 radical (unpaired) electrons. The van der Waals surface area contributed by atoms with Gasteiger partial charge in [-0.05, 0) is 42.2 Å². The molecule has 2 unspecified atom stereocenters. The summed E-state index contributed by atoms with van der Waals surface area (Å²) < 4.78 is 0. The van der Waals surface area contributed by atoms with Crippen molar-refractivity contribution in [1.82, 2.24) is 5.32 Å². The molecule has 1 N–H and O–H groups in total. The Morgan fingerprint density at radius 1 is 1.59 bits per heavy atom. The molecule has 2 atom stereocenters. The van der Waals surface area contributed by atoms with E-state index in [2.05, 4.69) is 28.2 Å². The lowest BCUT2D eigenvalue weighted by molar-refractivity contribution is 0.0951. The van der Waals surface area contributed by atoms with E-state index >= 15 is 0 Å². The minimum absolute atomic E-state index is 0.100. The van der Waals surface area contributed by atoms with E-state index in [4.69, 9.17) is 0 Å². The number of amides is 1. The van der Waals surface area contributed by atoms with Crippen molar-refractivity contribution in [2.45, 2.75) is 37.4 Å². The molecule has 1 aliphatic carbocycles. The van der Waals surface area contributed by atoms with Crippen LogP contribution in [0.2, 0.25) is 0 Å². The lowest BCUT2D eigenvalue weighted by Gasteiger charge is -2.14. The summed E-state index contributed by atoms with van der Waals surface area (Å²) in [6.07, 6.45) is 4.66. The van der Waals surface area contributed by atoms with Gasteiger partial charge < -0.3 is 5.32 Å². The van der Waals surface area contributed by atoms with Crippen molar-refractivity contribution in [3.63, 3.8) is 0 Å². The largest absolute Gasteiger partial charge is 0.351 e. The molecule has 0 bridgehead atoms. The van der Waals surface area contributed by atoms with Crippen LogP contribution in [0.5, 0.6) is 0 Å². The van der Waals surface area contributed by atoms with Crippen LogP contribution in [0, 0.1) is 5.92 Å². The Morgan fingerprint density at radius 3 is 3.06 bits per heavy atom. The second-order valence-corrected chi connectivity index (χ2v) is 6.64. The number of hydrogen-bond acceptors (Lipinski definition) is 2. The van der Waals surface area contributed by atoms with Gasteiger partial charge in [0, 0.05) is 11.4 Å². The first kappa shape index (κ1) is 13.1. The maximum atomic E-state index is 12.0. The van der Waals surface area contributed by atoms with Gasteiger partial charge in [-0.1, -0.05) is 29.3 Å². The van der Waals surface area contributed by atoms with Crippen LogP contribution in [0.4, 0.5) is 0 Å². The number of aryl methyl sites for hydroxylation is 1. The number of carbonyl (C=O) groups excluding carboxylic acids is 1. The summed E-state index contributed by atoms with van der Waals surface area (Å²) in [4.78, 5) is 13.5. The molecule has 1 heterocycles. The number of alkyl halides is 1. The van der Waals surface area contributed by atoms with Crippen molar-refractivity contribution in [2.75, 3.05) is 6.54 Å².